The van der Waals surface area contributed by atoms with Gasteiger partial charge in [-0.15, -0.1) is 12.4 Å². The van der Waals surface area contributed by atoms with E-state index in [1.165, 1.54) is 18.6 Å². The van der Waals surface area contributed by atoms with E-state index >= 15 is 0 Å². The molecule has 20 heavy (non-hydrogen) atoms. The van der Waals surface area contributed by atoms with Crippen LogP contribution in [-0.2, 0) is 6.54 Å². The summed E-state index contributed by atoms with van der Waals surface area (Å²) in [5, 5.41) is 19.8. The van der Waals surface area contributed by atoms with Gasteiger partial charge in [0.25, 0.3) is 5.69 Å². The van der Waals surface area contributed by atoms with Crippen molar-refractivity contribution in [2.24, 2.45) is 0 Å². The second-order valence-electron chi connectivity index (χ2n) is 4.75. The van der Waals surface area contributed by atoms with E-state index in [1.807, 2.05) is 0 Å². The maximum absolute atomic E-state index is 10.9. The molecule has 1 heterocycles. The number of rotatable bonds is 4. The fourth-order valence-corrected chi connectivity index (χ4v) is 2.38. The minimum Gasteiger partial charge on any atom is -0.477 e. The van der Waals surface area contributed by atoms with Crippen LogP contribution >= 0.6 is 12.4 Å². The summed E-state index contributed by atoms with van der Waals surface area (Å²) in [4.78, 5) is 23.4. The van der Waals surface area contributed by atoms with Gasteiger partial charge in [-0.2, -0.15) is 0 Å². The number of carboxylic acids is 1. The highest BCUT2D eigenvalue weighted by Gasteiger charge is 2.20. The molecule has 1 aliphatic rings. The zero-order chi connectivity index (χ0) is 13.8. The Balaban J connectivity index is 0.00000200. The third kappa shape index (κ3) is 3.91. The van der Waals surface area contributed by atoms with Crippen LogP contribution in [0.25, 0.3) is 0 Å². The number of nitro benzene ring substituents is 1. The normalized spacial score (nSPS) is 15.4. The van der Waals surface area contributed by atoms with Crippen molar-refractivity contribution >= 4 is 24.1 Å². The van der Waals surface area contributed by atoms with Crippen molar-refractivity contribution in [1.82, 2.24) is 4.90 Å². The van der Waals surface area contributed by atoms with Crippen molar-refractivity contribution in [1.29, 1.82) is 0 Å². The Kier molecular flexibility index (Phi) is 5.91. The molecule has 1 saturated heterocycles. The lowest BCUT2D eigenvalue weighted by atomic mass is 10.1. The molecule has 7 heteroatoms. The number of benzene rings is 1. The molecule has 1 N–H and O–H groups in total. The van der Waals surface area contributed by atoms with Crippen molar-refractivity contribution in [2.75, 3.05) is 13.1 Å². The van der Waals surface area contributed by atoms with Crippen LogP contribution in [0.2, 0.25) is 0 Å². The predicted octanol–water partition coefficient (Wildman–Crippen LogP) is 2.70. The number of carbonyl (C=O) groups is 1. The zero-order valence-corrected chi connectivity index (χ0v) is 11.8. The molecule has 0 saturated carbocycles. The lowest BCUT2D eigenvalue weighted by Crippen LogP contribution is -2.29. The first-order valence-electron chi connectivity index (χ1n) is 6.31. The first-order chi connectivity index (χ1) is 9.08. The molecule has 0 atom stereocenters. The topological polar surface area (TPSA) is 83.7 Å². The van der Waals surface area contributed by atoms with E-state index in [2.05, 4.69) is 4.90 Å². The average molecular weight is 301 g/mol. The molecule has 0 bridgehead atoms. The van der Waals surface area contributed by atoms with Gasteiger partial charge in [-0.05, 0) is 37.6 Å². The quantitative estimate of drug-likeness (QED) is 0.682. The van der Waals surface area contributed by atoms with Crippen LogP contribution in [0, 0.1) is 10.1 Å². The molecular formula is C13H17ClN2O4. The minimum atomic E-state index is -1.27. The number of nitro groups is 1. The van der Waals surface area contributed by atoms with Crippen molar-refractivity contribution < 1.29 is 14.8 Å². The molecule has 1 fully saturated rings. The molecule has 0 spiro atoms. The molecule has 0 radical (unpaired) electrons. The molecule has 0 unspecified atom stereocenters. The highest BCUT2D eigenvalue weighted by Crippen LogP contribution is 2.22. The van der Waals surface area contributed by atoms with Crippen LogP contribution in [0.4, 0.5) is 5.69 Å². The number of carboxylic acid groups (broad SMARTS) is 1. The maximum atomic E-state index is 10.9. The van der Waals surface area contributed by atoms with Crippen molar-refractivity contribution in [3.63, 3.8) is 0 Å². The Labute approximate surface area is 123 Å². The molecule has 1 aromatic carbocycles. The maximum Gasteiger partial charge on any atom is 0.342 e. The monoisotopic (exact) mass is 300 g/mol. The van der Waals surface area contributed by atoms with E-state index in [9.17, 15) is 14.9 Å². The largest absolute Gasteiger partial charge is 0.477 e. The molecular weight excluding hydrogens is 284 g/mol. The van der Waals surface area contributed by atoms with Crippen molar-refractivity contribution in [3.05, 3.63) is 39.4 Å². The number of halogens is 1. The molecule has 1 aliphatic heterocycles. The summed E-state index contributed by atoms with van der Waals surface area (Å²) in [6.45, 7) is 2.63. The van der Waals surface area contributed by atoms with Gasteiger partial charge in [-0.25, -0.2) is 4.79 Å². The van der Waals surface area contributed by atoms with E-state index in [4.69, 9.17) is 5.11 Å². The van der Waals surface area contributed by atoms with Crippen LogP contribution in [0.3, 0.4) is 0 Å². The lowest BCUT2D eigenvalue weighted by Gasteiger charge is -2.26. The molecule has 6 nitrogen and oxygen atoms in total. The summed E-state index contributed by atoms with van der Waals surface area (Å²) >= 11 is 0. The first kappa shape index (κ1) is 16.4. The van der Waals surface area contributed by atoms with E-state index in [-0.39, 0.29) is 23.7 Å². The number of aromatic carboxylic acids is 1. The fraction of sp³-hybridized carbons (Fsp3) is 0.462. The Morgan fingerprint density at radius 2 is 1.95 bits per heavy atom. The second-order valence-corrected chi connectivity index (χ2v) is 4.75. The summed E-state index contributed by atoms with van der Waals surface area (Å²) in [5.41, 5.74) is 0.202. The SMILES string of the molecule is Cl.O=C(O)c1ccc(CN2CCCCC2)cc1[N+](=O)[O-]. The van der Waals surface area contributed by atoms with Gasteiger partial charge in [0, 0.05) is 12.6 Å². The van der Waals surface area contributed by atoms with E-state index in [1.54, 1.807) is 6.07 Å². The fourth-order valence-electron chi connectivity index (χ4n) is 2.38. The van der Waals surface area contributed by atoms with E-state index in [0.29, 0.717) is 6.54 Å². The van der Waals surface area contributed by atoms with Gasteiger partial charge in [0.05, 0.1) is 4.92 Å². The lowest BCUT2D eigenvalue weighted by molar-refractivity contribution is -0.385. The number of piperidine rings is 1. The highest BCUT2D eigenvalue weighted by atomic mass is 35.5. The molecule has 1 aromatic rings. The molecule has 110 valence electrons. The van der Waals surface area contributed by atoms with Gasteiger partial charge in [-0.1, -0.05) is 12.5 Å². The van der Waals surface area contributed by atoms with Gasteiger partial charge >= 0.3 is 5.97 Å². The van der Waals surface area contributed by atoms with Crippen molar-refractivity contribution in [3.8, 4) is 0 Å². The minimum absolute atomic E-state index is 0. The van der Waals surface area contributed by atoms with E-state index < -0.39 is 10.9 Å². The smallest absolute Gasteiger partial charge is 0.342 e. The Morgan fingerprint density at radius 3 is 2.50 bits per heavy atom. The number of likely N-dealkylation sites (tertiary alicyclic amines) is 1. The average Bonchev–Trinajstić information content (AvgIpc) is 2.39. The van der Waals surface area contributed by atoms with Crippen LogP contribution in [0.5, 0.6) is 0 Å². The third-order valence-corrected chi connectivity index (χ3v) is 3.34. The van der Waals surface area contributed by atoms with Gasteiger partial charge in [0.1, 0.15) is 5.56 Å². The summed E-state index contributed by atoms with van der Waals surface area (Å²) in [6.07, 6.45) is 3.53. The van der Waals surface area contributed by atoms with Gasteiger partial charge in [-0.3, -0.25) is 15.0 Å². The van der Waals surface area contributed by atoms with Crippen LogP contribution in [0.1, 0.15) is 35.2 Å². The first-order valence-corrected chi connectivity index (χ1v) is 6.31. The summed E-state index contributed by atoms with van der Waals surface area (Å²) in [7, 11) is 0. The standard InChI is InChI=1S/C13H16N2O4.ClH/c16-13(17)11-5-4-10(8-12(11)15(18)19)9-14-6-2-1-3-7-14;/h4-5,8H,1-3,6-7,9H2,(H,16,17);1H. The Bertz CT molecular complexity index is 501. The van der Waals surface area contributed by atoms with Crippen LogP contribution in [-0.4, -0.2) is 34.0 Å². The molecule has 0 aromatic heterocycles. The number of nitrogens with zero attached hydrogens (tertiary/aromatic N) is 2. The number of hydrogen-bond donors (Lipinski definition) is 1. The highest BCUT2D eigenvalue weighted by molar-refractivity contribution is 5.92. The third-order valence-electron chi connectivity index (χ3n) is 3.34. The predicted molar refractivity (Wildman–Crippen MR) is 76.4 cm³/mol. The van der Waals surface area contributed by atoms with Gasteiger partial charge in [0.2, 0.25) is 0 Å². The zero-order valence-electron chi connectivity index (χ0n) is 10.9. The molecule has 2 rings (SSSR count). The second kappa shape index (κ2) is 7.21. The van der Waals surface area contributed by atoms with E-state index in [0.717, 1.165) is 31.5 Å². The number of hydrogen-bond acceptors (Lipinski definition) is 4. The Hall–Kier alpha value is -1.66. The van der Waals surface area contributed by atoms with Gasteiger partial charge in [0.15, 0.2) is 0 Å². The Morgan fingerprint density at radius 1 is 1.30 bits per heavy atom. The molecule has 0 amide bonds. The summed E-state index contributed by atoms with van der Waals surface area (Å²) < 4.78 is 0. The summed E-state index contributed by atoms with van der Waals surface area (Å²) in [6, 6.07) is 4.35. The molecule has 0 aliphatic carbocycles. The van der Waals surface area contributed by atoms with Crippen LogP contribution in [0.15, 0.2) is 18.2 Å². The summed E-state index contributed by atoms with van der Waals surface area (Å²) in [5.74, 6) is -1.27. The van der Waals surface area contributed by atoms with Crippen molar-refractivity contribution in [2.45, 2.75) is 25.8 Å². The van der Waals surface area contributed by atoms with Crippen LogP contribution < -0.4 is 0 Å². The van der Waals surface area contributed by atoms with Gasteiger partial charge < -0.3 is 5.11 Å².